The summed E-state index contributed by atoms with van der Waals surface area (Å²) < 4.78 is 0. The molecule has 0 aromatic heterocycles. The molecule has 4 aromatic rings. The topological polar surface area (TPSA) is 66.4 Å². The Kier molecular flexibility index (Phi) is 6.78. The lowest BCUT2D eigenvalue weighted by Gasteiger charge is -2.13. The Morgan fingerprint density at radius 1 is 0.758 bits per heavy atom. The van der Waals surface area contributed by atoms with E-state index in [0.29, 0.717) is 15.6 Å². The Morgan fingerprint density at radius 3 is 2.21 bits per heavy atom. The van der Waals surface area contributed by atoms with Gasteiger partial charge in [-0.3, -0.25) is 4.79 Å². The highest BCUT2D eigenvalue weighted by Crippen LogP contribution is 2.28. The van der Waals surface area contributed by atoms with Gasteiger partial charge < -0.3 is 10.4 Å². The molecule has 1 amide bonds. The van der Waals surface area contributed by atoms with E-state index >= 15 is 0 Å². The van der Waals surface area contributed by atoms with Gasteiger partial charge >= 0.3 is 5.97 Å². The monoisotopic (exact) mass is 475 g/mol. The van der Waals surface area contributed by atoms with E-state index in [9.17, 15) is 14.7 Å². The number of benzene rings is 4. The molecule has 164 valence electrons. The number of hydrogen-bond acceptors (Lipinski definition) is 2. The van der Waals surface area contributed by atoms with E-state index in [1.54, 1.807) is 42.5 Å². The zero-order valence-electron chi connectivity index (χ0n) is 17.4. The van der Waals surface area contributed by atoms with Crippen LogP contribution in [0.15, 0.2) is 91.0 Å². The predicted molar refractivity (Wildman–Crippen MR) is 132 cm³/mol. The Hall–Kier alpha value is -3.60. The van der Waals surface area contributed by atoms with Crippen LogP contribution in [-0.4, -0.2) is 17.0 Å². The minimum absolute atomic E-state index is 0.207. The van der Waals surface area contributed by atoms with E-state index in [0.717, 1.165) is 27.8 Å². The molecule has 0 saturated heterocycles. The minimum atomic E-state index is -0.987. The molecular formula is C27H19Cl2NO3. The number of hydrogen-bond donors (Lipinski definition) is 2. The molecule has 0 saturated carbocycles. The van der Waals surface area contributed by atoms with Crippen LogP contribution in [0.3, 0.4) is 0 Å². The molecule has 4 rings (SSSR count). The summed E-state index contributed by atoms with van der Waals surface area (Å²) in [6, 6.07) is 26.9. The molecule has 0 unspecified atom stereocenters. The Morgan fingerprint density at radius 2 is 1.48 bits per heavy atom. The Balaban J connectivity index is 1.52. The van der Waals surface area contributed by atoms with Crippen molar-refractivity contribution in [2.75, 3.05) is 0 Å². The quantitative estimate of drug-likeness (QED) is 0.316. The number of carboxylic acids is 1. The van der Waals surface area contributed by atoms with Crippen molar-refractivity contribution in [1.29, 1.82) is 0 Å². The van der Waals surface area contributed by atoms with Crippen LogP contribution in [0.5, 0.6) is 0 Å². The highest BCUT2D eigenvalue weighted by Gasteiger charge is 2.13. The first-order valence-corrected chi connectivity index (χ1v) is 10.9. The normalized spacial score (nSPS) is 10.6. The second kappa shape index (κ2) is 9.90. The van der Waals surface area contributed by atoms with Gasteiger partial charge in [0, 0.05) is 11.6 Å². The Bertz CT molecular complexity index is 1330. The molecule has 0 spiro atoms. The van der Waals surface area contributed by atoms with Crippen molar-refractivity contribution in [2.45, 2.75) is 6.54 Å². The smallest absolute Gasteiger partial charge is 0.335 e. The van der Waals surface area contributed by atoms with Gasteiger partial charge in [-0.05, 0) is 64.2 Å². The second-order valence-corrected chi connectivity index (χ2v) is 8.27. The number of rotatable bonds is 6. The summed E-state index contributed by atoms with van der Waals surface area (Å²) in [5.41, 5.74) is 4.90. The third-order valence-electron chi connectivity index (χ3n) is 5.27. The standard InChI is InChI=1S/C27H19Cl2NO3/c28-22-11-8-17(9-12-22)18-10-13-24(25(29)15-18)26(31)30-16-21-4-1-2-7-23(21)19-5-3-6-20(14-19)27(32)33/h1-15H,16H2,(H,30,31)(H,32,33). The third kappa shape index (κ3) is 5.25. The molecular weight excluding hydrogens is 457 g/mol. The number of amides is 1. The maximum Gasteiger partial charge on any atom is 0.335 e. The average molecular weight is 476 g/mol. The number of carboxylic acid groups (broad SMARTS) is 1. The number of carbonyl (C=O) groups is 2. The minimum Gasteiger partial charge on any atom is -0.478 e. The molecule has 0 atom stereocenters. The molecule has 0 bridgehead atoms. The summed E-state index contributed by atoms with van der Waals surface area (Å²) in [5.74, 6) is -1.28. The third-order valence-corrected chi connectivity index (χ3v) is 5.83. The first-order chi connectivity index (χ1) is 15.9. The largest absolute Gasteiger partial charge is 0.478 e. The van der Waals surface area contributed by atoms with Crippen molar-refractivity contribution in [3.63, 3.8) is 0 Å². The molecule has 0 fully saturated rings. The molecule has 0 aliphatic carbocycles. The summed E-state index contributed by atoms with van der Waals surface area (Å²) in [7, 11) is 0. The van der Waals surface area contributed by atoms with Gasteiger partial charge in [0.25, 0.3) is 5.91 Å². The highest BCUT2D eigenvalue weighted by atomic mass is 35.5. The molecule has 0 radical (unpaired) electrons. The summed E-state index contributed by atoms with van der Waals surface area (Å²) >= 11 is 12.4. The molecule has 0 heterocycles. The highest BCUT2D eigenvalue weighted by molar-refractivity contribution is 6.34. The van der Waals surface area contributed by atoms with Crippen molar-refractivity contribution in [2.24, 2.45) is 0 Å². The van der Waals surface area contributed by atoms with Crippen LogP contribution in [-0.2, 0) is 6.54 Å². The SMILES string of the molecule is O=C(O)c1cccc(-c2ccccc2CNC(=O)c2ccc(-c3ccc(Cl)cc3)cc2Cl)c1. The van der Waals surface area contributed by atoms with E-state index in [-0.39, 0.29) is 18.0 Å². The van der Waals surface area contributed by atoms with Crippen LogP contribution in [0.25, 0.3) is 22.3 Å². The van der Waals surface area contributed by atoms with E-state index in [2.05, 4.69) is 5.32 Å². The number of halogens is 2. The van der Waals surface area contributed by atoms with Crippen molar-refractivity contribution in [3.05, 3.63) is 118 Å². The van der Waals surface area contributed by atoms with Crippen LogP contribution < -0.4 is 5.32 Å². The first-order valence-electron chi connectivity index (χ1n) is 10.2. The molecule has 0 aliphatic rings. The predicted octanol–water partition coefficient (Wildman–Crippen LogP) is 6.96. The lowest BCUT2D eigenvalue weighted by atomic mass is 9.98. The summed E-state index contributed by atoms with van der Waals surface area (Å²) in [5, 5.41) is 13.2. The summed E-state index contributed by atoms with van der Waals surface area (Å²) in [6.45, 7) is 0.265. The van der Waals surface area contributed by atoms with Gasteiger partial charge in [0.2, 0.25) is 0 Å². The van der Waals surface area contributed by atoms with Crippen LogP contribution in [0, 0.1) is 0 Å². The number of carbonyl (C=O) groups excluding carboxylic acids is 1. The number of aromatic carboxylic acids is 1. The molecule has 6 heteroatoms. The van der Waals surface area contributed by atoms with Crippen LogP contribution in [0.2, 0.25) is 10.0 Å². The van der Waals surface area contributed by atoms with Crippen LogP contribution in [0.4, 0.5) is 0 Å². The molecule has 33 heavy (non-hydrogen) atoms. The molecule has 2 N–H and O–H groups in total. The van der Waals surface area contributed by atoms with Crippen molar-refractivity contribution in [1.82, 2.24) is 5.32 Å². The van der Waals surface area contributed by atoms with E-state index in [1.807, 2.05) is 48.5 Å². The number of nitrogens with one attached hydrogen (secondary N) is 1. The van der Waals surface area contributed by atoms with Crippen LogP contribution in [0.1, 0.15) is 26.3 Å². The van der Waals surface area contributed by atoms with Gasteiger partial charge in [-0.2, -0.15) is 0 Å². The lowest BCUT2D eigenvalue weighted by molar-refractivity contribution is 0.0696. The van der Waals surface area contributed by atoms with Gasteiger partial charge in [0.05, 0.1) is 16.1 Å². The van der Waals surface area contributed by atoms with Gasteiger partial charge in [-0.25, -0.2) is 4.79 Å². The fourth-order valence-electron chi connectivity index (χ4n) is 3.57. The zero-order chi connectivity index (χ0) is 23.4. The zero-order valence-corrected chi connectivity index (χ0v) is 18.9. The van der Waals surface area contributed by atoms with Crippen LogP contribution >= 0.6 is 23.2 Å². The molecule has 4 aromatic carbocycles. The molecule has 0 aliphatic heterocycles. The van der Waals surface area contributed by atoms with Crippen molar-refractivity contribution in [3.8, 4) is 22.3 Å². The second-order valence-electron chi connectivity index (χ2n) is 7.43. The maximum atomic E-state index is 12.8. The van der Waals surface area contributed by atoms with Gasteiger partial charge in [-0.15, -0.1) is 0 Å². The first kappa shape index (κ1) is 22.6. The lowest BCUT2D eigenvalue weighted by Crippen LogP contribution is -2.23. The summed E-state index contributed by atoms with van der Waals surface area (Å²) in [4.78, 5) is 24.2. The van der Waals surface area contributed by atoms with Gasteiger partial charge in [0.15, 0.2) is 0 Å². The fraction of sp³-hybridized carbons (Fsp3) is 0.0370. The average Bonchev–Trinajstić information content (AvgIpc) is 2.83. The molecule has 4 nitrogen and oxygen atoms in total. The van der Waals surface area contributed by atoms with Crippen molar-refractivity contribution < 1.29 is 14.7 Å². The van der Waals surface area contributed by atoms with Crippen molar-refractivity contribution >= 4 is 35.1 Å². The van der Waals surface area contributed by atoms with E-state index < -0.39 is 5.97 Å². The Labute approximate surface area is 201 Å². The van der Waals surface area contributed by atoms with Gasteiger partial charge in [0.1, 0.15) is 0 Å². The fourth-order valence-corrected chi connectivity index (χ4v) is 3.96. The van der Waals surface area contributed by atoms with Gasteiger partial charge in [-0.1, -0.05) is 77.8 Å². The summed E-state index contributed by atoms with van der Waals surface area (Å²) in [6.07, 6.45) is 0. The van der Waals surface area contributed by atoms with E-state index in [4.69, 9.17) is 23.2 Å². The van der Waals surface area contributed by atoms with E-state index in [1.165, 1.54) is 0 Å². The maximum absolute atomic E-state index is 12.8.